The van der Waals surface area contributed by atoms with Crippen LogP contribution in [0.2, 0.25) is 5.02 Å². The topological polar surface area (TPSA) is 29.1 Å². The average molecular weight is 328 g/mol. The number of carbonyl (C=O) groups excluding carboxylic acids is 1. The maximum atomic E-state index is 12.6. The minimum absolute atomic E-state index is 0.137. The van der Waals surface area contributed by atoms with Crippen molar-refractivity contribution >= 4 is 23.2 Å². The Balaban J connectivity index is 2.23. The van der Waals surface area contributed by atoms with Crippen LogP contribution in [0, 0.1) is 13.8 Å². The molecule has 22 heavy (non-hydrogen) atoms. The van der Waals surface area contributed by atoms with Gasteiger partial charge in [-0.25, -0.2) is 0 Å². The molecule has 2 rings (SSSR count). The third-order valence-corrected chi connectivity index (χ3v) is 3.63. The molecular formula is C16H13ClF3NO. The molecule has 116 valence electrons. The zero-order chi connectivity index (χ0) is 16.5. The minimum atomic E-state index is -4.47. The van der Waals surface area contributed by atoms with Crippen LogP contribution in [-0.2, 0) is 6.18 Å². The third-order valence-electron chi connectivity index (χ3n) is 3.31. The lowest BCUT2D eigenvalue weighted by molar-refractivity contribution is -0.137. The number of nitrogens with one attached hydrogen (secondary N) is 1. The van der Waals surface area contributed by atoms with E-state index in [0.29, 0.717) is 5.56 Å². The average Bonchev–Trinajstić information content (AvgIpc) is 2.42. The molecule has 2 nitrogen and oxygen atoms in total. The van der Waals surface area contributed by atoms with E-state index in [1.54, 1.807) is 18.2 Å². The predicted molar refractivity (Wildman–Crippen MR) is 80.3 cm³/mol. The summed E-state index contributed by atoms with van der Waals surface area (Å²) in [5, 5.41) is 2.35. The summed E-state index contributed by atoms with van der Waals surface area (Å²) in [7, 11) is 0. The van der Waals surface area contributed by atoms with Crippen LogP contribution in [0.25, 0.3) is 0 Å². The molecule has 2 aromatic carbocycles. The molecule has 0 aromatic heterocycles. The highest BCUT2D eigenvalue weighted by Crippen LogP contribution is 2.33. The van der Waals surface area contributed by atoms with Crippen molar-refractivity contribution in [1.82, 2.24) is 0 Å². The Morgan fingerprint density at radius 1 is 1.05 bits per heavy atom. The van der Waals surface area contributed by atoms with Crippen molar-refractivity contribution in [3.05, 3.63) is 63.7 Å². The Hall–Kier alpha value is -2.01. The standard InChI is InChI=1S/C16H13ClF3NO/c1-9-3-4-11(7-10(9)2)15(22)21-14-6-5-12(8-13(14)17)16(18,19)20/h3-8H,1-2H3,(H,21,22). The van der Waals surface area contributed by atoms with Gasteiger partial charge in [0.25, 0.3) is 5.91 Å². The van der Waals surface area contributed by atoms with Crippen molar-refractivity contribution in [3.8, 4) is 0 Å². The molecule has 0 unspecified atom stereocenters. The van der Waals surface area contributed by atoms with Crippen LogP contribution in [-0.4, -0.2) is 5.91 Å². The van der Waals surface area contributed by atoms with Gasteiger partial charge in [0.1, 0.15) is 0 Å². The van der Waals surface area contributed by atoms with Crippen LogP contribution in [0.1, 0.15) is 27.0 Å². The van der Waals surface area contributed by atoms with Crippen LogP contribution in [0.3, 0.4) is 0 Å². The van der Waals surface area contributed by atoms with Gasteiger partial charge in [0.2, 0.25) is 0 Å². The molecule has 0 heterocycles. The summed E-state index contributed by atoms with van der Waals surface area (Å²) >= 11 is 5.81. The van der Waals surface area contributed by atoms with Gasteiger partial charge in [-0.05, 0) is 55.3 Å². The first kappa shape index (κ1) is 16.4. The minimum Gasteiger partial charge on any atom is -0.321 e. The van der Waals surface area contributed by atoms with Gasteiger partial charge in [-0.2, -0.15) is 13.2 Å². The quantitative estimate of drug-likeness (QED) is 0.804. The van der Waals surface area contributed by atoms with Gasteiger partial charge in [0, 0.05) is 5.56 Å². The van der Waals surface area contributed by atoms with Crippen molar-refractivity contribution in [2.24, 2.45) is 0 Å². The van der Waals surface area contributed by atoms with Gasteiger partial charge < -0.3 is 5.32 Å². The molecular weight excluding hydrogens is 315 g/mol. The molecule has 6 heteroatoms. The summed E-state index contributed by atoms with van der Waals surface area (Å²) < 4.78 is 37.7. The van der Waals surface area contributed by atoms with Crippen LogP contribution in [0.4, 0.5) is 18.9 Å². The molecule has 0 bridgehead atoms. The van der Waals surface area contributed by atoms with Crippen LogP contribution in [0.15, 0.2) is 36.4 Å². The van der Waals surface area contributed by atoms with E-state index in [4.69, 9.17) is 11.6 Å². The lowest BCUT2D eigenvalue weighted by atomic mass is 10.1. The normalized spacial score (nSPS) is 11.4. The van der Waals surface area contributed by atoms with Gasteiger partial charge in [0.15, 0.2) is 0 Å². The molecule has 2 aromatic rings. The molecule has 0 spiro atoms. The van der Waals surface area contributed by atoms with E-state index >= 15 is 0 Å². The summed E-state index contributed by atoms with van der Waals surface area (Å²) in [6.07, 6.45) is -4.47. The van der Waals surface area contributed by atoms with Crippen LogP contribution in [0.5, 0.6) is 0 Å². The fraction of sp³-hybridized carbons (Fsp3) is 0.188. The first-order valence-electron chi connectivity index (χ1n) is 6.44. The largest absolute Gasteiger partial charge is 0.416 e. The summed E-state index contributed by atoms with van der Waals surface area (Å²) in [5.74, 6) is -0.426. The predicted octanol–water partition coefficient (Wildman–Crippen LogP) is 5.23. The molecule has 0 aliphatic heterocycles. The smallest absolute Gasteiger partial charge is 0.321 e. The molecule has 0 saturated carbocycles. The first-order valence-corrected chi connectivity index (χ1v) is 6.81. The number of hydrogen-bond acceptors (Lipinski definition) is 1. The fourth-order valence-electron chi connectivity index (χ4n) is 1.87. The first-order chi connectivity index (χ1) is 10.2. The summed E-state index contributed by atoms with van der Waals surface area (Å²) in [5.41, 5.74) is 1.69. The Morgan fingerprint density at radius 3 is 2.27 bits per heavy atom. The Morgan fingerprint density at radius 2 is 1.73 bits per heavy atom. The number of hydrogen-bond donors (Lipinski definition) is 1. The Kier molecular flexibility index (Phi) is 4.47. The third kappa shape index (κ3) is 3.60. The SMILES string of the molecule is Cc1ccc(C(=O)Nc2ccc(C(F)(F)F)cc2Cl)cc1C. The second-order valence-corrected chi connectivity index (χ2v) is 5.35. The van der Waals surface area contributed by atoms with E-state index in [-0.39, 0.29) is 10.7 Å². The second-order valence-electron chi connectivity index (χ2n) is 4.95. The van der Waals surface area contributed by atoms with E-state index in [0.717, 1.165) is 29.3 Å². The van der Waals surface area contributed by atoms with Gasteiger partial charge in [-0.15, -0.1) is 0 Å². The van der Waals surface area contributed by atoms with Crippen LogP contribution < -0.4 is 5.32 Å². The molecule has 0 saturated heterocycles. The fourth-order valence-corrected chi connectivity index (χ4v) is 2.10. The van der Waals surface area contributed by atoms with Crippen molar-refractivity contribution in [2.75, 3.05) is 5.32 Å². The second kappa shape index (κ2) is 6.01. The number of alkyl halides is 3. The number of rotatable bonds is 2. The van der Waals surface area contributed by atoms with Gasteiger partial charge in [0.05, 0.1) is 16.3 Å². The van der Waals surface area contributed by atoms with E-state index in [9.17, 15) is 18.0 Å². The van der Waals surface area contributed by atoms with Crippen molar-refractivity contribution in [2.45, 2.75) is 20.0 Å². The molecule has 0 atom stereocenters. The van der Waals surface area contributed by atoms with E-state index in [2.05, 4.69) is 5.32 Å². The highest BCUT2D eigenvalue weighted by molar-refractivity contribution is 6.34. The highest BCUT2D eigenvalue weighted by atomic mass is 35.5. The van der Waals surface area contributed by atoms with E-state index in [1.807, 2.05) is 13.8 Å². The van der Waals surface area contributed by atoms with Crippen molar-refractivity contribution in [3.63, 3.8) is 0 Å². The van der Waals surface area contributed by atoms with Crippen molar-refractivity contribution < 1.29 is 18.0 Å². The maximum Gasteiger partial charge on any atom is 0.416 e. The lowest BCUT2D eigenvalue weighted by Crippen LogP contribution is -2.13. The summed E-state index contributed by atoms with van der Waals surface area (Å²) in [4.78, 5) is 12.1. The number of carbonyl (C=O) groups is 1. The monoisotopic (exact) mass is 327 g/mol. The van der Waals surface area contributed by atoms with E-state index in [1.165, 1.54) is 0 Å². The van der Waals surface area contributed by atoms with Gasteiger partial charge in [-0.1, -0.05) is 17.7 Å². The molecule has 1 amide bonds. The van der Waals surface area contributed by atoms with Crippen molar-refractivity contribution in [1.29, 1.82) is 0 Å². The van der Waals surface area contributed by atoms with Gasteiger partial charge in [-0.3, -0.25) is 4.79 Å². The number of halogens is 4. The Labute approximate surface area is 130 Å². The lowest BCUT2D eigenvalue weighted by Gasteiger charge is -2.11. The number of aryl methyl sites for hydroxylation is 2. The van der Waals surface area contributed by atoms with Crippen LogP contribution >= 0.6 is 11.6 Å². The zero-order valence-corrected chi connectivity index (χ0v) is 12.6. The number of amides is 1. The maximum absolute atomic E-state index is 12.6. The Bertz CT molecular complexity index is 726. The van der Waals surface area contributed by atoms with E-state index < -0.39 is 17.6 Å². The summed E-state index contributed by atoms with van der Waals surface area (Å²) in [6, 6.07) is 7.97. The number of benzene rings is 2. The van der Waals surface area contributed by atoms with Gasteiger partial charge >= 0.3 is 6.18 Å². The highest BCUT2D eigenvalue weighted by Gasteiger charge is 2.31. The summed E-state index contributed by atoms with van der Waals surface area (Å²) in [6.45, 7) is 3.79. The molecule has 0 aliphatic carbocycles. The molecule has 0 fully saturated rings. The molecule has 0 aliphatic rings. The molecule has 1 N–H and O–H groups in total. The number of anilines is 1. The molecule has 0 radical (unpaired) electrons. The zero-order valence-electron chi connectivity index (χ0n) is 11.9.